The number of carbonyl (C=O) groups excluding carboxylic acids is 1. The number of anilines is 2. The van der Waals surface area contributed by atoms with E-state index in [0.29, 0.717) is 10.6 Å². The van der Waals surface area contributed by atoms with Crippen molar-refractivity contribution in [3.63, 3.8) is 0 Å². The molecule has 0 bridgehead atoms. The van der Waals surface area contributed by atoms with E-state index in [2.05, 4.69) is 5.32 Å². The number of amides is 1. The number of nitrogens with one attached hydrogen (secondary N) is 1. The van der Waals surface area contributed by atoms with Gasteiger partial charge in [0.15, 0.2) is 11.6 Å². The summed E-state index contributed by atoms with van der Waals surface area (Å²) in [6, 6.07) is 6.39. The van der Waals surface area contributed by atoms with Crippen LogP contribution in [0.1, 0.15) is 0 Å². The van der Waals surface area contributed by atoms with Gasteiger partial charge in [-0.2, -0.15) is 0 Å². The zero-order chi connectivity index (χ0) is 16.3. The van der Waals surface area contributed by atoms with Gasteiger partial charge >= 0.3 is 0 Å². The molecule has 0 fully saturated rings. The molecule has 0 aliphatic rings. The molecule has 2 aromatic rings. The van der Waals surface area contributed by atoms with Gasteiger partial charge in [0.2, 0.25) is 5.91 Å². The van der Waals surface area contributed by atoms with E-state index in [0.717, 1.165) is 23.9 Å². The lowest BCUT2D eigenvalue weighted by Crippen LogP contribution is -2.14. The lowest BCUT2D eigenvalue weighted by molar-refractivity contribution is -0.113. The standard InChI is InChI=1S/C14H10Cl2F2N2OS/c15-9-3-7(4-10(16)14(9)19)20-13(21)6-22-8-1-2-11(17)12(18)5-8/h1-5H,6,19H2,(H,20,21). The Morgan fingerprint density at radius 2 is 1.77 bits per heavy atom. The number of benzene rings is 2. The van der Waals surface area contributed by atoms with E-state index in [9.17, 15) is 13.6 Å². The van der Waals surface area contributed by atoms with Crippen LogP contribution in [-0.4, -0.2) is 11.7 Å². The minimum absolute atomic E-state index is 0.0185. The van der Waals surface area contributed by atoms with Crippen LogP contribution in [0.3, 0.4) is 0 Å². The summed E-state index contributed by atoms with van der Waals surface area (Å²) >= 11 is 12.8. The number of carbonyl (C=O) groups is 1. The third-order valence-corrected chi connectivity index (χ3v) is 4.24. The predicted molar refractivity (Wildman–Crippen MR) is 86.6 cm³/mol. The first-order chi connectivity index (χ1) is 10.4. The van der Waals surface area contributed by atoms with Crippen molar-refractivity contribution in [2.75, 3.05) is 16.8 Å². The highest BCUT2D eigenvalue weighted by Gasteiger charge is 2.09. The van der Waals surface area contributed by atoms with Crippen molar-refractivity contribution in [1.29, 1.82) is 0 Å². The van der Waals surface area contributed by atoms with Gasteiger partial charge in [-0.25, -0.2) is 8.78 Å². The smallest absolute Gasteiger partial charge is 0.234 e. The first-order valence-electron chi connectivity index (χ1n) is 5.99. The molecule has 0 saturated carbocycles. The van der Waals surface area contributed by atoms with Crippen LogP contribution in [0.2, 0.25) is 10.0 Å². The van der Waals surface area contributed by atoms with Gasteiger partial charge in [0, 0.05) is 10.6 Å². The fraction of sp³-hybridized carbons (Fsp3) is 0.0714. The van der Waals surface area contributed by atoms with Gasteiger partial charge in [0.25, 0.3) is 0 Å². The van der Waals surface area contributed by atoms with E-state index in [-0.39, 0.29) is 27.4 Å². The van der Waals surface area contributed by atoms with Crippen LogP contribution in [0.15, 0.2) is 35.2 Å². The lowest BCUT2D eigenvalue weighted by atomic mass is 10.3. The normalized spacial score (nSPS) is 10.5. The van der Waals surface area contributed by atoms with Gasteiger partial charge < -0.3 is 11.1 Å². The predicted octanol–water partition coefficient (Wildman–Crippen LogP) is 4.58. The molecule has 0 saturated heterocycles. The summed E-state index contributed by atoms with van der Waals surface area (Å²) in [5.41, 5.74) is 6.23. The second kappa shape index (κ2) is 7.17. The van der Waals surface area contributed by atoms with Crippen molar-refractivity contribution in [3.8, 4) is 0 Å². The maximum absolute atomic E-state index is 13.0. The van der Waals surface area contributed by atoms with Gasteiger partial charge in [-0.05, 0) is 30.3 Å². The average Bonchev–Trinajstić information content (AvgIpc) is 2.46. The Kier molecular flexibility index (Phi) is 5.50. The Morgan fingerprint density at radius 3 is 2.36 bits per heavy atom. The number of nitrogen functional groups attached to an aromatic ring is 1. The molecule has 3 N–H and O–H groups in total. The quantitative estimate of drug-likeness (QED) is 0.617. The topological polar surface area (TPSA) is 55.1 Å². The van der Waals surface area contributed by atoms with Crippen LogP contribution in [0, 0.1) is 11.6 Å². The number of rotatable bonds is 4. The summed E-state index contributed by atoms with van der Waals surface area (Å²) in [6.07, 6.45) is 0. The molecule has 0 unspecified atom stereocenters. The largest absolute Gasteiger partial charge is 0.396 e. The van der Waals surface area contributed by atoms with Gasteiger partial charge in [0.05, 0.1) is 21.5 Å². The number of thioether (sulfide) groups is 1. The third-order valence-electron chi connectivity index (χ3n) is 2.62. The highest BCUT2D eigenvalue weighted by molar-refractivity contribution is 8.00. The number of halogens is 4. The summed E-state index contributed by atoms with van der Waals surface area (Å²) < 4.78 is 25.8. The van der Waals surface area contributed by atoms with Crippen molar-refractivity contribution in [2.24, 2.45) is 0 Å². The molecule has 8 heteroatoms. The Balaban J connectivity index is 1.97. The van der Waals surface area contributed by atoms with E-state index in [4.69, 9.17) is 28.9 Å². The van der Waals surface area contributed by atoms with Crippen LogP contribution in [0.4, 0.5) is 20.2 Å². The van der Waals surface area contributed by atoms with Crippen LogP contribution in [0.5, 0.6) is 0 Å². The average molecular weight is 363 g/mol. The molecule has 1 amide bonds. The second-order valence-corrected chi connectivity index (χ2v) is 6.13. The Labute approximate surface area is 139 Å². The van der Waals surface area contributed by atoms with Crippen LogP contribution >= 0.6 is 35.0 Å². The molecule has 0 radical (unpaired) electrons. The zero-order valence-corrected chi connectivity index (χ0v) is 13.3. The molecule has 0 aliphatic carbocycles. The van der Waals surface area contributed by atoms with E-state index in [1.807, 2.05) is 0 Å². The third kappa shape index (κ3) is 4.25. The van der Waals surface area contributed by atoms with E-state index in [1.165, 1.54) is 18.2 Å². The Bertz CT molecular complexity index is 705. The van der Waals surface area contributed by atoms with E-state index in [1.54, 1.807) is 0 Å². The monoisotopic (exact) mass is 362 g/mol. The molecule has 0 aromatic heterocycles. The summed E-state index contributed by atoms with van der Waals surface area (Å²) in [7, 11) is 0. The highest BCUT2D eigenvalue weighted by atomic mass is 35.5. The Morgan fingerprint density at radius 1 is 1.14 bits per heavy atom. The number of nitrogens with two attached hydrogens (primary N) is 1. The summed E-state index contributed by atoms with van der Waals surface area (Å²) in [6.45, 7) is 0. The molecule has 0 atom stereocenters. The molecule has 2 rings (SSSR count). The summed E-state index contributed by atoms with van der Waals surface area (Å²) in [4.78, 5) is 12.3. The molecule has 0 heterocycles. The van der Waals surface area contributed by atoms with Gasteiger partial charge in [-0.3, -0.25) is 4.79 Å². The maximum Gasteiger partial charge on any atom is 0.234 e. The fourth-order valence-electron chi connectivity index (χ4n) is 1.57. The Hall–Kier alpha value is -1.50. The molecule has 3 nitrogen and oxygen atoms in total. The van der Waals surface area contributed by atoms with E-state index < -0.39 is 11.6 Å². The van der Waals surface area contributed by atoms with Crippen molar-refractivity contribution >= 4 is 52.2 Å². The van der Waals surface area contributed by atoms with Crippen LogP contribution in [-0.2, 0) is 4.79 Å². The van der Waals surface area contributed by atoms with Crippen molar-refractivity contribution in [2.45, 2.75) is 4.90 Å². The van der Waals surface area contributed by atoms with Crippen LogP contribution < -0.4 is 11.1 Å². The molecular weight excluding hydrogens is 353 g/mol. The minimum atomic E-state index is -0.956. The maximum atomic E-state index is 13.0. The van der Waals surface area contributed by atoms with Crippen molar-refractivity contribution in [1.82, 2.24) is 0 Å². The first kappa shape index (κ1) is 16.9. The molecule has 116 valence electrons. The molecule has 0 aliphatic heterocycles. The summed E-state index contributed by atoms with van der Waals surface area (Å²) in [5.74, 6) is -2.21. The van der Waals surface area contributed by atoms with Gasteiger partial charge in [-0.1, -0.05) is 23.2 Å². The first-order valence-corrected chi connectivity index (χ1v) is 7.73. The fourth-order valence-corrected chi connectivity index (χ4v) is 2.78. The van der Waals surface area contributed by atoms with Crippen molar-refractivity contribution in [3.05, 3.63) is 52.0 Å². The molecule has 2 aromatic carbocycles. The number of hydrogen-bond acceptors (Lipinski definition) is 3. The highest BCUT2D eigenvalue weighted by Crippen LogP contribution is 2.31. The molecule has 0 spiro atoms. The van der Waals surface area contributed by atoms with Gasteiger partial charge in [0.1, 0.15) is 0 Å². The SMILES string of the molecule is Nc1c(Cl)cc(NC(=O)CSc2ccc(F)c(F)c2)cc1Cl. The second-order valence-electron chi connectivity index (χ2n) is 4.27. The molecule has 22 heavy (non-hydrogen) atoms. The molecular formula is C14H10Cl2F2N2OS. The van der Waals surface area contributed by atoms with Crippen molar-refractivity contribution < 1.29 is 13.6 Å². The lowest BCUT2D eigenvalue weighted by Gasteiger charge is -2.08. The van der Waals surface area contributed by atoms with E-state index >= 15 is 0 Å². The van der Waals surface area contributed by atoms with Crippen LogP contribution in [0.25, 0.3) is 0 Å². The summed E-state index contributed by atoms with van der Waals surface area (Å²) in [5, 5.41) is 3.06. The number of hydrogen-bond donors (Lipinski definition) is 2. The zero-order valence-electron chi connectivity index (χ0n) is 11.0. The minimum Gasteiger partial charge on any atom is -0.396 e. The van der Waals surface area contributed by atoms with Gasteiger partial charge in [-0.15, -0.1) is 11.8 Å².